The third-order valence-corrected chi connectivity index (χ3v) is 4.92. The van der Waals surface area contributed by atoms with E-state index in [1.54, 1.807) is 37.4 Å². The molecular weight excluding hydrogens is 348 g/mol. The molecule has 6 nitrogen and oxygen atoms in total. The molecule has 0 unspecified atom stereocenters. The molecule has 0 aliphatic heterocycles. The van der Waals surface area contributed by atoms with Crippen LogP contribution in [0.2, 0.25) is 0 Å². The summed E-state index contributed by atoms with van der Waals surface area (Å²) in [5.74, 6) is -0.467. The number of fused-ring (bicyclic) bond motifs is 1. The maximum atomic E-state index is 12.0. The number of nitrogens with one attached hydrogen (secondary N) is 2. The maximum absolute atomic E-state index is 12.0. The Hall–Kier alpha value is -3.19. The van der Waals surface area contributed by atoms with Crippen LogP contribution in [0.15, 0.2) is 59.7 Å². The number of rotatable bonds is 4. The van der Waals surface area contributed by atoms with Crippen LogP contribution in [0.25, 0.3) is 16.3 Å². The van der Waals surface area contributed by atoms with Gasteiger partial charge in [0.1, 0.15) is 0 Å². The molecule has 0 saturated heterocycles. The first kappa shape index (κ1) is 17.6. The summed E-state index contributed by atoms with van der Waals surface area (Å²) in [5, 5.41) is 6.74. The van der Waals surface area contributed by atoms with E-state index < -0.39 is 0 Å². The van der Waals surface area contributed by atoms with Gasteiger partial charge >= 0.3 is 0 Å². The fourth-order valence-electron chi connectivity index (χ4n) is 2.39. The zero-order chi connectivity index (χ0) is 18.5. The number of nitrogens with zero attached hydrogens (tertiary/aromatic N) is 2. The van der Waals surface area contributed by atoms with E-state index in [0.29, 0.717) is 10.4 Å². The van der Waals surface area contributed by atoms with Crippen LogP contribution in [0.4, 0.5) is 0 Å². The second kappa shape index (κ2) is 7.79. The topological polar surface area (TPSA) is 75.5 Å². The van der Waals surface area contributed by atoms with Gasteiger partial charge in [-0.2, -0.15) is 0 Å². The Morgan fingerprint density at radius 2 is 1.85 bits per heavy atom. The van der Waals surface area contributed by atoms with Crippen molar-refractivity contribution < 1.29 is 9.59 Å². The summed E-state index contributed by atoms with van der Waals surface area (Å²) in [7, 11) is 3.49. The highest BCUT2D eigenvalue weighted by molar-refractivity contribution is 7.16. The van der Waals surface area contributed by atoms with Crippen LogP contribution in [0.1, 0.15) is 15.9 Å². The Labute approximate surface area is 154 Å². The zero-order valence-electron chi connectivity index (χ0n) is 14.4. The van der Waals surface area contributed by atoms with Crippen LogP contribution in [-0.4, -0.2) is 23.4 Å². The Morgan fingerprint density at radius 1 is 1.12 bits per heavy atom. The van der Waals surface area contributed by atoms with E-state index in [-0.39, 0.29) is 11.8 Å². The minimum Gasteiger partial charge on any atom is -0.355 e. The summed E-state index contributed by atoms with van der Waals surface area (Å²) in [6, 6.07) is 14.9. The van der Waals surface area contributed by atoms with Gasteiger partial charge < -0.3 is 9.88 Å². The first-order valence-electron chi connectivity index (χ1n) is 7.97. The molecule has 1 heterocycles. The molecule has 0 saturated carbocycles. The van der Waals surface area contributed by atoms with Crippen molar-refractivity contribution in [3.8, 4) is 0 Å². The smallest absolute Gasteiger partial charge is 0.264 e. The molecule has 0 radical (unpaired) electrons. The maximum Gasteiger partial charge on any atom is 0.264 e. The lowest BCUT2D eigenvalue weighted by Gasteiger charge is -1.99. The number of aromatic nitrogens is 1. The minimum absolute atomic E-state index is 0.145. The van der Waals surface area contributed by atoms with Crippen LogP contribution >= 0.6 is 11.3 Å². The summed E-state index contributed by atoms with van der Waals surface area (Å²) in [5.41, 5.74) is 4.99. The van der Waals surface area contributed by atoms with E-state index >= 15 is 0 Å². The van der Waals surface area contributed by atoms with Gasteiger partial charge in [0.2, 0.25) is 4.80 Å². The number of carbonyl (C=O) groups excluding carboxylic acids is 2. The number of aryl methyl sites for hydroxylation is 1. The molecule has 0 atom stereocenters. The molecule has 3 aromatic rings. The Balaban J connectivity index is 1.69. The average molecular weight is 366 g/mol. The zero-order valence-corrected chi connectivity index (χ0v) is 15.2. The van der Waals surface area contributed by atoms with Crippen LogP contribution in [-0.2, 0) is 11.8 Å². The monoisotopic (exact) mass is 366 g/mol. The Bertz CT molecular complexity index is 1050. The SMILES string of the molecule is CNC(=O)c1ccc(C=CC(=O)NN=c2sc3ccccc3n2C)cc1. The molecule has 3 rings (SSSR count). The van der Waals surface area contributed by atoms with Crippen molar-refractivity contribution in [2.75, 3.05) is 7.05 Å². The number of carbonyl (C=O) groups is 2. The van der Waals surface area contributed by atoms with Gasteiger partial charge in [0, 0.05) is 25.7 Å². The molecule has 2 amide bonds. The van der Waals surface area contributed by atoms with E-state index in [0.717, 1.165) is 15.8 Å². The molecule has 0 fully saturated rings. The average Bonchev–Trinajstić information content (AvgIpc) is 3.00. The summed E-state index contributed by atoms with van der Waals surface area (Å²) in [4.78, 5) is 24.2. The highest BCUT2D eigenvalue weighted by Crippen LogP contribution is 2.14. The van der Waals surface area contributed by atoms with Gasteiger partial charge in [-0.05, 0) is 35.9 Å². The summed E-state index contributed by atoms with van der Waals surface area (Å²) in [6.07, 6.45) is 3.08. The minimum atomic E-state index is -0.321. The molecule has 0 bridgehead atoms. The van der Waals surface area contributed by atoms with Gasteiger partial charge in [-0.1, -0.05) is 35.6 Å². The first-order valence-corrected chi connectivity index (χ1v) is 8.78. The molecule has 1 aromatic heterocycles. The standard InChI is InChI=1S/C19H18N4O2S/c1-20-18(25)14-10-7-13(8-11-14)9-12-17(24)21-22-19-23(2)15-5-3-4-6-16(15)26-19/h3-12H,1-2H3,(H,20,25)(H,21,24). The molecule has 0 aliphatic carbocycles. The van der Waals surface area contributed by atoms with Crippen molar-refractivity contribution in [2.45, 2.75) is 0 Å². The van der Waals surface area contributed by atoms with Crippen molar-refractivity contribution >= 4 is 39.4 Å². The second-order valence-corrected chi connectivity index (χ2v) is 6.54. The summed E-state index contributed by atoms with van der Waals surface area (Å²) < 4.78 is 3.04. The summed E-state index contributed by atoms with van der Waals surface area (Å²) >= 11 is 1.51. The van der Waals surface area contributed by atoms with Crippen LogP contribution < -0.4 is 15.5 Å². The third kappa shape index (κ3) is 3.89. The largest absolute Gasteiger partial charge is 0.355 e. The number of hydrogen-bond donors (Lipinski definition) is 2. The number of benzene rings is 2. The van der Waals surface area contributed by atoms with Crippen molar-refractivity contribution in [2.24, 2.45) is 12.1 Å². The molecule has 0 aliphatic rings. The molecule has 0 spiro atoms. The van der Waals surface area contributed by atoms with E-state index in [4.69, 9.17) is 0 Å². The van der Waals surface area contributed by atoms with E-state index in [9.17, 15) is 9.59 Å². The van der Waals surface area contributed by atoms with E-state index in [1.165, 1.54) is 17.4 Å². The highest BCUT2D eigenvalue weighted by Gasteiger charge is 2.03. The fourth-order valence-corrected chi connectivity index (χ4v) is 3.37. The van der Waals surface area contributed by atoms with Gasteiger partial charge in [-0.15, -0.1) is 5.10 Å². The number of thiazole rings is 1. The molecular formula is C19H18N4O2S. The van der Waals surface area contributed by atoms with E-state index in [1.807, 2.05) is 35.9 Å². The molecule has 2 aromatic carbocycles. The molecule has 2 N–H and O–H groups in total. The van der Waals surface area contributed by atoms with Crippen LogP contribution in [0.5, 0.6) is 0 Å². The quantitative estimate of drug-likeness (QED) is 0.549. The lowest BCUT2D eigenvalue weighted by molar-refractivity contribution is -0.116. The predicted octanol–water partition coefficient (Wildman–Crippen LogP) is 2.24. The molecule has 7 heteroatoms. The normalized spacial score (nSPS) is 11.8. The second-order valence-electron chi connectivity index (χ2n) is 5.53. The number of amides is 2. The molecule has 132 valence electrons. The van der Waals surface area contributed by atoms with Gasteiger partial charge in [-0.3, -0.25) is 9.59 Å². The van der Waals surface area contributed by atoms with Crippen molar-refractivity contribution in [1.82, 2.24) is 15.3 Å². The first-order chi connectivity index (χ1) is 12.6. The predicted molar refractivity (Wildman–Crippen MR) is 103 cm³/mol. The lowest BCUT2D eigenvalue weighted by Crippen LogP contribution is -2.21. The third-order valence-electron chi connectivity index (χ3n) is 3.80. The van der Waals surface area contributed by atoms with Gasteiger partial charge in [0.05, 0.1) is 10.2 Å². The van der Waals surface area contributed by atoms with Gasteiger partial charge in [-0.25, -0.2) is 5.43 Å². The lowest BCUT2D eigenvalue weighted by atomic mass is 10.1. The van der Waals surface area contributed by atoms with Crippen molar-refractivity contribution in [1.29, 1.82) is 0 Å². The van der Waals surface area contributed by atoms with Crippen molar-refractivity contribution in [3.63, 3.8) is 0 Å². The van der Waals surface area contributed by atoms with Crippen molar-refractivity contribution in [3.05, 3.63) is 70.5 Å². The fraction of sp³-hybridized carbons (Fsp3) is 0.105. The molecule has 26 heavy (non-hydrogen) atoms. The van der Waals surface area contributed by atoms with E-state index in [2.05, 4.69) is 15.8 Å². The van der Waals surface area contributed by atoms with Gasteiger partial charge in [0.15, 0.2) is 0 Å². The van der Waals surface area contributed by atoms with Crippen LogP contribution in [0.3, 0.4) is 0 Å². The Kier molecular flexibility index (Phi) is 5.28. The highest BCUT2D eigenvalue weighted by atomic mass is 32.1. The van der Waals surface area contributed by atoms with Crippen LogP contribution in [0, 0.1) is 0 Å². The summed E-state index contributed by atoms with van der Waals surface area (Å²) in [6.45, 7) is 0. The number of para-hydroxylation sites is 1. The number of hydrogen-bond acceptors (Lipinski definition) is 4. The Morgan fingerprint density at radius 3 is 2.54 bits per heavy atom. The van der Waals surface area contributed by atoms with Gasteiger partial charge in [0.25, 0.3) is 11.8 Å².